The lowest BCUT2D eigenvalue weighted by molar-refractivity contribution is -0.136. The molecule has 2 amide bonds. The van der Waals surface area contributed by atoms with Crippen molar-refractivity contribution in [3.63, 3.8) is 0 Å². The van der Waals surface area contributed by atoms with Crippen LogP contribution in [0.1, 0.15) is 21.5 Å². The van der Waals surface area contributed by atoms with Crippen molar-refractivity contribution in [1.82, 2.24) is 5.43 Å². The molecule has 0 fully saturated rings. The first-order valence-electron chi connectivity index (χ1n) is 9.09. The van der Waals surface area contributed by atoms with Gasteiger partial charge in [-0.3, -0.25) is 9.59 Å². The Hall–Kier alpha value is -4.26. The molecule has 7 nitrogen and oxygen atoms in total. The van der Waals surface area contributed by atoms with Crippen LogP contribution in [-0.4, -0.2) is 24.0 Å². The van der Waals surface area contributed by atoms with Crippen LogP contribution in [0, 0.1) is 6.92 Å². The monoisotopic (exact) mass is 401 g/mol. The number of nitrogens with zero attached hydrogens (tertiary/aromatic N) is 1. The Morgan fingerprint density at radius 1 is 0.833 bits per heavy atom. The lowest BCUT2D eigenvalue weighted by atomic mass is 10.2. The summed E-state index contributed by atoms with van der Waals surface area (Å²) >= 11 is 0. The minimum Gasteiger partial charge on any atom is -0.423 e. The van der Waals surface area contributed by atoms with Gasteiger partial charge in [0.2, 0.25) is 0 Å². The average molecular weight is 401 g/mol. The molecular formula is C23H19N3O4. The van der Waals surface area contributed by atoms with Crippen molar-refractivity contribution in [1.29, 1.82) is 0 Å². The third-order valence-electron chi connectivity index (χ3n) is 4.00. The summed E-state index contributed by atoms with van der Waals surface area (Å²) < 4.78 is 5.29. The number of esters is 1. The van der Waals surface area contributed by atoms with Crippen LogP contribution in [0.15, 0.2) is 84.0 Å². The molecule has 0 bridgehead atoms. The quantitative estimate of drug-likeness (QED) is 0.225. The van der Waals surface area contributed by atoms with Gasteiger partial charge in [0.25, 0.3) is 0 Å². The van der Waals surface area contributed by atoms with Gasteiger partial charge in [0.15, 0.2) is 0 Å². The Bertz CT molecular complexity index is 1060. The van der Waals surface area contributed by atoms with Gasteiger partial charge in [-0.25, -0.2) is 10.2 Å². The van der Waals surface area contributed by atoms with Crippen molar-refractivity contribution in [2.24, 2.45) is 5.10 Å². The third-order valence-corrected chi connectivity index (χ3v) is 4.00. The van der Waals surface area contributed by atoms with Crippen LogP contribution in [0.3, 0.4) is 0 Å². The Balaban J connectivity index is 1.49. The molecule has 0 aromatic heterocycles. The van der Waals surface area contributed by atoms with Crippen LogP contribution in [0.4, 0.5) is 5.69 Å². The molecule has 0 aliphatic carbocycles. The van der Waals surface area contributed by atoms with E-state index in [0.29, 0.717) is 22.6 Å². The summed E-state index contributed by atoms with van der Waals surface area (Å²) in [5, 5.41) is 6.25. The zero-order chi connectivity index (χ0) is 21.3. The van der Waals surface area contributed by atoms with Crippen molar-refractivity contribution >= 4 is 29.7 Å². The highest BCUT2D eigenvalue weighted by Crippen LogP contribution is 2.13. The lowest BCUT2D eigenvalue weighted by Crippen LogP contribution is -2.32. The predicted octanol–water partition coefficient (Wildman–Crippen LogP) is 3.30. The molecule has 0 radical (unpaired) electrons. The van der Waals surface area contributed by atoms with Gasteiger partial charge in [-0.2, -0.15) is 5.10 Å². The summed E-state index contributed by atoms with van der Waals surface area (Å²) in [6.45, 7) is 1.92. The maximum absolute atomic E-state index is 12.0. The second-order valence-corrected chi connectivity index (χ2v) is 6.34. The van der Waals surface area contributed by atoms with E-state index >= 15 is 0 Å². The van der Waals surface area contributed by atoms with Crippen LogP contribution < -0.4 is 15.5 Å². The number of amides is 2. The maximum Gasteiger partial charge on any atom is 0.343 e. The fourth-order valence-electron chi connectivity index (χ4n) is 2.40. The summed E-state index contributed by atoms with van der Waals surface area (Å²) in [5.41, 5.74) is 4.83. The standard InChI is InChI=1S/C23H19N3O4/c1-16-7-11-19(12-8-16)25-21(27)22(28)26-24-15-17-9-13-20(14-10-17)30-23(29)18-5-3-2-4-6-18/h2-15H,1H3,(H,25,27)(H,26,28)/b24-15+. The van der Waals surface area contributed by atoms with Gasteiger partial charge in [-0.1, -0.05) is 35.9 Å². The van der Waals surface area contributed by atoms with Crippen molar-refractivity contribution < 1.29 is 19.1 Å². The molecule has 0 heterocycles. The summed E-state index contributed by atoms with van der Waals surface area (Å²) in [5.74, 6) is -1.79. The maximum atomic E-state index is 12.0. The Kier molecular flexibility index (Phi) is 6.68. The fourth-order valence-corrected chi connectivity index (χ4v) is 2.40. The smallest absolute Gasteiger partial charge is 0.343 e. The van der Waals surface area contributed by atoms with Gasteiger partial charge in [-0.15, -0.1) is 0 Å². The molecule has 30 heavy (non-hydrogen) atoms. The van der Waals surface area contributed by atoms with Crippen LogP contribution in [0.2, 0.25) is 0 Å². The normalized spacial score (nSPS) is 10.4. The highest BCUT2D eigenvalue weighted by molar-refractivity contribution is 6.39. The molecule has 0 unspecified atom stereocenters. The third kappa shape index (κ3) is 5.87. The van der Waals surface area contributed by atoms with E-state index in [4.69, 9.17) is 4.74 Å². The highest BCUT2D eigenvalue weighted by atomic mass is 16.5. The number of ether oxygens (including phenoxy) is 1. The number of benzene rings is 3. The van der Waals surface area contributed by atoms with Crippen LogP contribution >= 0.6 is 0 Å². The zero-order valence-electron chi connectivity index (χ0n) is 16.2. The van der Waals surface area contributed by atoms with Crippen molar-refractivity contribution in [3.05, 3.63) is 95.6 Å². The first-order valence-corrected chi connectivity index (χ1v) is 9.09. The Labute approximate surface area is 173 Å². The van der Waals surface area contributed by atoms with Gasteiger partial charge in [0.05, 0.1) is 11.8 Å². The van der Waals surface area contributed by atoms with Gasteiger partial charge in [-0.05, 0) is 61.0 Å². The van der Waals surface area contributed by atoms with E-state index in [1.54, 1.807) is 60.7 Å². The molecule has 0 saturated carbocycles. The number of hydrogen-bond donors (Lipinski definition) is 2. The van der Waals surface area contributed by atoms with E-state index in [1.165, 1.54) is 6.21 Å². The van der Waals surface area contributed by atoms with Gasteiger partial charge in [0.1, 0.15) is 5.75 Å². The van der Waals surface area contributed by atoms with Crippen molar-refractivity contribution in [2.75, 3.05) is 5.32 Å². The minimum absolute atomic E-state index is 0.377. The minimum atomic E-state index is -0.889. The molecule has 3 rings (SSSR count). The van der Waals surface area contributed by atoms with Crippen LogP contribution in [0.25, 0.3) is 0 Å². The second-order valence-electron chi connectivity index (χ2n) is 6.34. The summed E-state index contributed by atoms with van der Waals surface area (Å²) in [6.07, 6.45) is 1.37. The predicted molar refractivity (Wildman–Crippen MR) is 113 cm³/mol. The van der Waals surface area contributed by atoms with Crippen LogP contribution in [0.5, 0.6) is 5.75 Å². The van der Waals surface area contributed by atoms with Gasteiger partial charge in [0, 0.05) is 5.69 Å². The molecule has 150 valence electrons. The number of hydrazone groups is 1. The number of nitrogens with one attached hydrogen (secondary N) is 2. The van der Waals surface area contributed by atoms with Gasteiger partial charge < -0.3 is 10.1 Å². The van der Waals surface area contributed by atoms with Crippen molar-refractivity contribution in [2.45, 2.75) is 6.92 Å². The molecule has 0 atom stereocenters. The van der Waals surface area contributed by atoms with E-state index < -0.39 is 17.8 Å². The first-order chi connectivity index (χ1) is 14.5. The summed E-state index contributed by atoms with van der Waals surface area (Å²) in [4.78, 5) is 35.7. The largest absolute Gasteiger partial charge is 0.423 e. The molecule has 2 N–H and O–H groups in total. The number of rotatable bonds is 5. The van der Waals surface area contributed by atoms with Crippen molar-refractivity contribution in [3.8, 4) is 5.75 Å². The second kappa shape index (κ2) is 9.79. The molecule has 0 saturated heterocycles. The Morgan fingerprint density at radius 3 is 2.17 bits per heavy atom. The number of aryl methyl sites for hydroxylation is 1. The van der Waals surface area contributed by atoms with E-state index in [1.807, 2.05) is 25.1 Å². The summed E-state index contributed by atoms with van der Waals surface area (Å²) in [6, 6.07) is 22.3. The van der Waals surface area contributed by atoms with E-state index in [0.717, 1.165) is 5.56 Å². The van der Waals surface area contributed by atoms with Gasteiger partial charge >= 0.3 is 17.8 Å². The molecule has 0 spiro atoms. The van der Waals surface area contributed by atoms with E-state index in [9.17, 15) is 14.4 Å². The lowest BCUT2D eigenvalue weighted by Gasteiger charge is -2.05. The number of carbonyl (C=O) groups excluding carboxylic acids is 3. The molecule has 3 aromatic rings. The molecule has 0 aliphatic heterocycles. The fraction of sp³-hybridized carbons (Fsp3) is 0.0435. The van der Waals surface area contributed by atoms with E-state index in [-0.39, 0.29) is 0 Å². The first kappa shape index (κ1) is 20.5. The van der Waals surface area contributed by atoms with Crippen LogP contribution in [-0.2, 0) is 9.59 Å². The number of hydrogen-bond acceptors (Lipinski definition) is 5. The number of anilines is 1. The summed E-state index contributed by atoms with van der Waals surface area (Å²) in [7, 11) is 0. The topological polar surface area (TPSA) is 96.9 Å². The van der Waals surface area contributed by atoms with E-state index in [2.05, 4.69) is 15.8 Å². The highest BCUT2D eigenvalue weighted by Gasteiger charge is 2.12. The SMILES string of the molecule is Cc1ccc(NC(=O)C(=O)N/N=C/c2ccc(OC(=O)c3ccccc3)cc2)cc1. The average Bonchev–Trinajstić information content (AvgIpc) is 2.77. The molecule has 3 aromatic carbocycles. The Morgan fingerprint density at radius 2 is 1.50 bits per heavy atom. The number of carbonyl (C=O) groups is 3. The zero-order valence-corrected chi connectivity index (χ0v) is 16.2. The molecule has 0 aliphatic rings. The molecular weight excluding hydrogens is 382 g/mol. The molecule has 7 heteroatoms.